The predicted molar refractivity (Wildman–Crippen MR) is 79.1 cm³/mol. The van der Waals surface area contributed by atoms with Crippen LogP contribution in [0, 0.1) is 11.6 Å². The molecule has 1 saturated heterocycles. The van der Waals surface area contributed by atoms with Crippen molar-refractivity contribution in [3.8, 4) is 0 Å². The van der Waals surface area contributed by atoms with E-state index in [9.17, 15) is 13.9 Å². The van der Waals surface area contributed by atoms with Crippen molar-refractivity contribution in [3.05, 3.63) is 35.4 Å². The third-order valence-corrected chi connectivity index (χ3v) is 4.50. The van der Waals surface area contributed by atoms with Gasteiger partial charge in [0.05, 0.1) is 6.61 Å². The summed E-state index contributed by atoms with van der Waals surface area (Å²) in [5, 5.41) is 9.35. The molecule has 0 spiro atoms. The maximum atomic E-state index is 13.9. The van der Waals surface area contributed by atoms with Gasteiger partial charge in [0.2, 0.25) is 0 Å². The number of aliphatic hydroxyl groups is 1. The zero-order chi connectivity index (χ0) is 15.4. The van der Waals surface area contributed by atoms with Crippen LogP contribution in [0.15, 0.2) is 18.2 Å². The van der Waals surface area contributed by atoms with Crippen molar-refractivity contribution in [1.82, 2.24) is 9.80 Å². The van der Waals surface area contributed by atoms with Gasteiger partial charge in [0, 0.05) is 43.8 Å². The molecule has 118 valence electrons. The molecule has 21 heavy (non-hydrogen) atoms. The Hall–Kier alpha value is -1.04. The Bertz CT molecular complexity index is 458. The van der Waals surface area contributed by atoms with Gasteiger partial charge in [-0.15, -0.1) is 0 Å². The van der Waals surface area contributed by atoms with Gasteiger partial charge < -0.3 is 5.11 Å². The number of nitrogens with zero attached hydrogens (tertiary/aromatic N) is 2. The number of halogens is 2. The minimum absolute atomic E-state index is 0.142. The van der Waals surface area contributed by atoms with E-state index in [4.69, 9.17) is 0 Å². The Balaban J connectivity index is 2.00. The van der Waals surface area contributed by atoms with Gasteiger partial charge in [0.1, 0.15) is 11.6 Å². The van der Waals surface area contributed by atoms with E-state index in [0.717, 1.165) is 38.7 Å². The molecule has 3 nitrogen and oxygen atoms in total. The Labute approximate surface area is 125 Å². The van der Waals surface area contributed by atoms with Crippen molar-refractivity contribution < 1.29 is 13.9 Å². The molecule has 0 saturated carbocycles. The number of hydrogen-bond donors (Lipinski definition) is 1. The monoisotopic (exact) mass is 298 g/mol. The molecule has 2 atom stereocenters. The fourth-order valence-corrected chi connectivity index (χ4v) is 3.02. The second-order valence-corrected chi connectivity index (χ2v) is 5.66. The molecule has 0 aliphatic carbocycles. The minimum atomic E-state index is -0.400. The summed E-state index contributed by atoms with van der Waals surface area (Å²) in [4.78, 5) is 4.43. The van der Waals surface area contributed by atoms with Gasteiger partial charge in [-0.25, -0.2) is 8.78 Å². The normalized spacial score (nSPS) is 20.4. The van der Waals surface area contributed by atoms with Crippen LogP contribution in [0.3, 0.4) is 0 Å². The summed E-state index contributed by atoms with van der Waals surface area (Å²) >= 11 is 0. The van der Waals surface area contributed by atoms with Crippen LogP contribution in [0.5, 0.6) is 0 Å². The third kappa shape index (κ3) is 3.78. The van der Waals surface area contributed by atoms with Crippen LogP contribution in [-0.4, -0.2) is 53.7 Å². The van der Waals surface area contributed by atoms with Gasteiger partial charge in [-0.3, -0.25) is 9.80 Å². The summed E-state index contributed by atoms with van der Waals surface area (Å²) in [6.07, 6.45) is 0.921. The Morgan fingerprint density at radius 3 is 2.33 bits per heavy atom. The molecular formula is C16H24F2N2O. The minimum Gasteiger partial charge on any atom is -0.395 e. The number of rotatable bonds is 5. The van der Waals surface area contributed by atoms with E-state index in [1.54, 1.807) is 0 Å². The van der Waals surface area contributed by atoms with E-state index < -0.39 is 5.82 Å². The molecule has 1 heterocycles. The summed E-state index contributed by atoms with van der Waals surface area (Å²) in [7, 11) is 0. The molecule has 1 aromatic carbocycles. The van der Waals surface area contributed by atoms with Gasteiger partial charge in [0.15, 0.2) is 0 Å². The lowest BCUT2D eigenvalue weighted by molar-refractivity contribution is 0.0479. The Morgan fingerprint density at radius 2 is 1.76 bits per heavy atom. The van der Waals surface area contributed by atoms with Crippen molar-refractivity contribution in [2.75, 3.05) is 32.8 Å². The van der Waals surface area contributed by atoms with E-state index in [1.165, 1.54) is 12.1 Å². The van der Waals surface area contributed by atoms with Crippen LogP contribution in [0.4, 0.5) is 8.78 Å². The number of benzene rings is 1. The molecule has 5 heteroatoms. The van der Waals surface area contributed by atoms with Crippen LogP contribution in [-0.2, 0) is 0 Å². The number of hydrogen-bond acceptors (Lipinski definition) is 3. The van der Waals surface area contributed by atoms with Gasteiger partial charge in [-0.2, -0.15) is 0 Å². The van der Waals surface area contributed by atoms with Gasteiger partial charge in [-0.05, 0) is 31.5 Å². The van der Waals surface area contributed by atoms with E-state index >= 15 is 0 Å². The lowest BCUT2D eigenvalue weighted by Crippen LogP contribution is -2.51. The molecule has 2 unspecified atom stereocenters. The standard InChI is InChI=1S/C16H24F2N2O/c1-3-14(11-21)20-8-6-19(7-9-20)12(2)15-10-13(17)4-5-16(15)18/h4-5,10,12,14,21H,3,6-9,11H2,1-2H3. The largest absolute Gasteiger partial charge is 0.395 e. The van der Waals surface area contributed by atoms with Gasteiger partial charge in [0.25, 0.3) is 0 Å². The smallest absolute Gasteiger partial charge is 0.128 e. The molecule has 0 aromatic heterocycles. The second kappa shape index (κ2) is 7.29. The molecular weight excluding hydrogens is 274 g/mol. The van der Waals surface area contributed by atoms with Crippen LogP contribution >= 0.6 is 0 Å². The Kier molecular flexibility index (Phi) is 5.67. The van der Waals surface area contributed by atoms with E-state index in [1.807, 2.05) is 6.92 Å². The first-order valence-corrected chi connectivity index (χ1v) is 7.60. The maximum Gasteiger partial charge on any atom is 0.128 e. The molecule has 1 fully saturated rings. The van der Waals surface area contributed by atoms with Gasteiger partial charge in [-0.1, -0.05) is 6.92 Å². The average Bonchev–Trinajstić information content (AvgIpc) is 2.51. The Morgan fingerprint density at radius 1 is 1.14 bits per heavy atom. The molecule has 1 aromatic rings. The first-order chi connectivity index (χ1) is 10.1. The average molecular weight is 298 g/mol. The van der Waals surface area contributed by atoms with Crippen molar-refractivity contribution >= 4 is 0 Å². The van der Waals surface area contributed by atoms with E-state index in [-0.39, 0.29) is 24.5 Å². The molecule has 1 N–H and O–H groups in total. The molecule has 1 aliphatic heterocycles. The fourth-order valence-electron chi connectivity index (χ4n) is 3.02. The molecule has 0 bridgehead atoms. The first-order valence-electron chi connectivity index (χ1n) is 7.60. The van der Waals surface area contributed by atoms with Crippen LogP contribution < -0.4 is 0 Å². The van der Waals surface area contributed by atoms with Crippen LogP contribution in [0.1, 0.15) is 31.9 Å². The highest BCUT2D eigenvalue weighted by molar-refractivity contribution is 5.22. The SMILES string of the molecule is CCC(CO)N1CCN(C(C)c2cc(F)ccc2F)CC1. The second-order valence-electron chi connectivity index (χ2n) is 5.66. The summed E-state index contributed by atoms with van der Waals surface area (Å²) in [6.45, 7) is 7.45. The summed E-state index contributed by atoms with van der Waals surface area (Å²) < 4.78 is 27.2. The van der Waals surface area contributed by atoms with Gasteiger partial charge >= 0.3 is 0 Å². The molecule has 0 radical (unpaired) electrons. The highest BCUT2D eigenvalue weighted by atomic mass is 19.1. The van der Waals surface area contributed by atoms with Crippen molar-refractivity contribution in [3.63, 3.8) is 0 Å². The van der Waals surface area contributed by atoms with Crippen LogP contribution in [0.2, 0.25) is 0 Å². The number of piperazine rings is 1. The third-order valence-electron chi connectivity index (χ3n) is 4.50. The quantitative estimate of drug-likeness (QED) is 0.904. The summed E-state index contributed by atoms with van der Waals surface area (Å²) in [6, 6.07) is 3.69. The van der Waals surface area contributed by atoms with Crippen molar-refractivity contribution in [2.45, 2.75) is 32.4 Å². The fraction of sp³-hybridized carbons (Fsp3) is 0.625. The predicted octanol–water partition coefficient (Wildman–Crippen LogP) is 2.41. The lowest BCUT2D eigenvalue weighted by atomic mass is 10.0. The summed E-state index contributed by atoms with van der Waals surface area (Å²) in [5.41, 5.74) is 0.414. The molecule has 0 amide bonds. The van der Waals surface area contributed by atoms with E-state index in [2.05, 4.69) is 16.7 Å². The van der Waals surface area contributed by atoms with Crippen molar-refractivity contribution in [2.24, 2.45) is 0 Å². The van der Waals surface area contributed by atoms with E-state index in [0.29, 0.717) is 5.56 Å². The van der Waals surface area contributed by atoms with Crippen molar-refractivity contribution in [1.29, 1.82) is 0 Å². The maximum absolute atomic E-state index is 13.9. The zero-order valence-corrected chi connectivity index (χ0v) is 12.7. The highest BCUT2D eigenvalue weighted by Crippen LogP contribution is 2.25. The topological polar surface area (TPSA) is 26.7 Å². The zero-order valence-electron chi connectivity index (χ0n) is 12.7. The van der Waals surface area contributed by atoms with Crippen LogP contribution in [0.25, 0.3) is 0 Å². The highest BCUT2D eigenvalue weighted by Gasteiger charge is 2.26. The molecule has 1 aliphatic rings. The first kappa shape index (κ1) is 16.3. The number of aliphatic hydroxyl groups excluding tert-OH is 1. The lowest BCUT2D eigenvalue weighted by Gasteiger charge is -2.41. The molecule has 2 rings (SSSR count). The summed E-state index contributed by atoms with van der Waals surface area (Å²) in [5.74, 6) is -0.753.